The molecular formula is C13H13N3O4S. The molecule has 2 N–H and O–H groups in total. The number of nitrogens with zero attached hydrogens (tertiary/aromatic N) is 2. The second-order valence-electron chi connectivity index (χ2n) is 5.17. The van der Waals surface area contributed by atoms with Gasteiger partial charge in [-0.2, -0.15) is 0 Å². The van der Waals surface area contributed by atoms with Crippen molar-refractivity contribution in [2.24, 2.45) is 0 Å². The number of nitrogens with one attached hydrogen (secondary N) is 1. The van der Waals surface area contributed by atoms with Crippen molar-refractivity contribution in [3.63, 3.8) is 0 Å². The van der Waals surface area contributed by atoms with Crippen LogP contribution in [0.15, 0.2) is 16.4 Å². The Morgan fingerprint density at radius 2 is 2.19 bits per heavy atom. The number of aromatic nitrogens is 2. The van der Waals surface area contributed by atoms with Crippen LogP contribution in [0, 0.1) is 6.92 Å². The second kappa shape index (κ2) is 4.66. The quantitative estimate of drug-likeness (QED) is 0.873. The van der Waals surface area contributed by atoms with Crippen LogP contribution >= 0.6 is 11.3 Å². The van der Waals surface area contributed by atoms with Gasteiger partial charge in [-0.1, -0.05) is 0 Å². The fraction of sp³-hybridized carbons (Fsp3) is 0.385. The van der Waals surface area contributed by atoms with Crippen LogP contribution in [-0.4, -0.2) is 31.9 Å². The van der Waals surface area contributed by atoms with Gasteiger partial charge in [-0.3, -0.25) is 14.0 Å². The molecule has 1 amide bonds. The number of carboxylic acid groups (broad SMARTS) is 1. The molecule has 2 aromatic heterocycles. The van der Waals surface area contributed by atoms with Gasteiger partial charge in [0.15, 0.2) is 4.96 Å². The number of aliphatic carboxylic acids is 1. The monoisotopic (exact) mass is 307 g/mol. The van der Waals surface area contributed by atoms with Gasteiger partial charge in [0.2, 0.25) is 0 Å². The van der Waals surface area contributed by atoms with E-state index in [1.165, 1.54) is 21.9 Å². The first-order valence-electron chi connectivity index (χ1n) is 6.46. The van der Waals surface area contributed by atoms with E-state index >= 15 is 0 Å². The van der Waals surface area contributed by atoms with Gasteiger partial charge >= 0.3 is 5.97 Å². The number of hydrogen-bond acceptors (Lipinski definition) is 5. The molecule has 0 saturated heterocycles. The van der Waals surface area contributed by atoms with Gasteiger partial charge in [-0.15, -0.1) is 11.3 Å². The molecule has 110 valence electrons. The fourth-order valence-electron chi connectivity index (χ4n) is 2.39. The second-order valence-corrected chi connectivity index (χ2v) is 6.00. The first kappa shape index (κ1) is 13.7. The third-order valence-corrected chi connectivity index (χ3v) is 4.79. The average Bonchev–Trinajstić information content (AvgIpc) is 2.76. The van der Waals surface area contributed by atoms with E-state index in [2.05, 4.69) is 10.3 Å². The van der Waals surface area contributed by atoms with Crippen molar-refractivity contribution in [3.8, 4) is 0 Å². The lowest BCUT2D eigenvalue weighted by Gasteiger charge is -2.38. The van der Waals surface area contributed by atoms with E-state index in [0.717, 1.165) is 6.42 Å². The van der Waals surface area contributed by atoms with Crippen LogP contribution in [0.5, 0.6) is 0 Å². The van der Waals surface area contributed by atoms with Crippen molar-refractivity contribution in [1.29, 1.82) is 0 Å². The van der Waals surface area contributed by atoms with Crippen molar-refractivity contribution < 1.29 is 14.7 Å². The highest BCUT2D eigenvalue weighted by Crippen LogP contribution is 2.32. The third-order valence-electron chi connectivity index (χ3n) is 3.83. The van der Waals surface area contributed by atoms with E-state index < -0.39 is 23.0 Å². The molecule has 0 aliphatic heterocycles. The zero-order chi connectivity index (χ0) is 15.2. The summed E-state index contributed by atoms with van der Waals surface area (Å²) in [5.74, 6) is -1.75. The highest BCUT2D eigenvalue weighted by Gasteiger charge is 2.46. The number of carboxylic acids is 1. The van der Waals surface area contributed by atoms with E-state index in [-0.39, 0.29) is 5.56 Å². The van der Waals surface area contributed by atoms with Gasteiger partial charge in [-0.25, -0.2) is 9.78 Å². The first-order valence-corrected chi connectivity index (χ1v) is 7.34. The summed E-state index contributed by atoms with van der Waals surface area (Å²) in [6.07, 6.45) is 2.70. The van der Waals surface area contributed by atoms with Gasteiger partial charge in [-0.05, 0) is 26.2 Å². The molecular weight excluding hydrogens is 294 g/mol. The number of aryl methyl sites for hydroxylation is 1. The maximum Gasteiger partial charge on any atom is 0.329 e. The van der Waals surface area contributed by atoms with Gasteiger partial charge in [0.25, 0.3) is 11.5 Å². The average molecular weight is 307 g/mol. The van der Waals surface area contributed by atoms with Gasteiger partial charge < -0.3 is 10.4 Å². The number of fused-ring (bicyclic) bond motifs is 1. The Kier molecular flexibility index (Phi) is 3.05. The van der Waals surface area contributed by atoms with Crippen molar-refractivity contribution in [1.82, 2.24) is 14.7 Å². The summed E-state index contributed by atoms with van der Waals surface area (Å²) < 4.78 is 1.35. The molecule has 2 heterocycles. The Morgan fingerprint density at radius 3 is 2.76 bits per heavy atom. The van der Waals surface area contributed by atoms with E-state index in [0.29, 0.717) is 23.5 Å². The minimum absolute atomic E-state index is 0.137. The molecule has 8 heteroatoms. The minimum atomic E-state index is -1.24. The maximum atomic E-state index is 12.3. The molecule has 1 fully saturated rings. The SMILES string of the molecule is Cc1csc2ncc(C(=O)NC3(C(=O)O)CCC3)c(=O)n12. The number of rotatable bonds is 3. The minimum Gasteiger partial charge on any atom is -0.480 e. The number of carbonyl (C=O) groups is 2. The Bertz CT molecular complexity index is 803. The molecule has 0 atom stereocenters. The van der Waals surface area contributed by atoms with Crippen molar-refractivity contribution in [2.75, 3.05) is 0 Å². The predicted molar refractivity (Wildman–Crippen MR) is 75.8 cm³/mol. The Morgan fingerprint density at radius 1 is 1.48 bits per heavy atom. The zero-order valence-corrected chi connectivity index (χ0v) is 12.1. The lowest BCUT2D eigenvalue weighted by atomic mass is 9.76. The van der Waals surface area contributed by atoms with Gasteiger partial charge in [0.05, 0.1) is 0 Å². The van der Waals surface area contributed by atoms with Gasteiger partial charge in [0.1, 0.15) is 11.1 Å². The summed E-state index contributed by atoms with van der Waals surface area (Å²) >= 11 is 1.31. The van der Waals surface area contributed by atoms with Crippen molar-refractivity contribution >= 4 is 28.2 Å². The standard InChI is InChI=1S/C13H13N3O4S/c1-7-6-21-12-14-5-8(10(18)16(7)12)9(17)15-13(11(19)20)3-2-4-13/h5-6H,2-4H2,1H3,(H,15,17)(H,19,20). The van der Waals surface area contributed by atoms with Crippen LogP contribution < -0.4 is 10.9 Å². The van der Waals surface area contributed by atoms with Crippen LogP contribution in [0.4, 0.5) is 0 Å². The molecule has 1 saturated carbocycles. The molecule has 3 rings (SSSR count). The molecule has 1 aliphatic carbocycles. The largest absolute Gasteiger partial charge is 0.480 e. The van der Waals surface area contributed by atoms with Crippen LogP contribution in [0.2, 0.25) is 0 Å². The van der Waals surface area contributed by atoms with Crippen molar-refractivity contribution in [3.05, 3.63) is 33.2 Å². The van der Waals surface area contributed by atoms with Gasteiger partial charge in [0, 0.05) is 17.3 Å². The molecule has 0 aromatic carbocycles. The van der Waals surface area contributed by atoms with E-state index in [1.807, 2.05) is 0 Å². The summed E-state index contributed by atoms with van der Waals surface area (Å²) in [6.45, 7) is 1.75. The van der Waals surface area contributed by atoms with Crippen LogP contribution in [-0.2, 0) is 4.79 Å². The zero-order valence-electron chi connectivity index (χ0n) is 11.3. The van der Waals surface area contributed by atoms with E-state index in [4.69, 9.17) is 0 Å². The summed E-state index contributed by atoms with van der Waals surface area (Å²) in [5.41, 5.74) is -1.16. The maximum absolute atomic E-state index is 12.3. The summed E-state index contributed by atoms with van der Waals surface area (Å²) in [4.78, 5) is 40.4. The molecule has 0 spiro atoms. The summed E-state index contributed by atoms with van der Waals surface area (Å²) in [6, 6.07) is 0. The first-order chi connectivity index (χ1) is 9.94. The topological polar surface area (TPSA) is 101 Å². The molecule has 0 unspecified atom stereocenters. The summed E-state index contributed by atoms with van der Waals surface area (Å²) in [5, 5.41) is 13.5. The Balaban J connectivity index is 1.99. The van der Waals surface area contributed by atoms with Crippen LogP contribution in [0.3, 0.4) is 0 Å². The van der Waals surface area contributed by atoms with Crippen molar-refractivity contribution in [2.45, 2.75) is 31.7 Å². The molecule has 2 aromatic rings. The summed E-state index contributed by atoms with van der Waals surface area (Å²) in [7, 11) is 0. The molecule has 1 aliphatic rings. The Hall–Kier alpha value is -2.22. The molecule has 7 nitrogen and oxygen atoms in total. The number of carbonyl (C=O) groups excluding carboxylic acids is 1. The normalized spacial score (nSPS) is 16.4. The smallest absolute Gasteiger partial charge is 0.329 e. The molecule has 21 heavy (non-hydrogen) atoms. The van der Waals surface area contributed by atoms with Crippen LogP contribution in [0.1, 0.15) is 35.3 Å². The fourth-order valence-corrected chi connectivity index (χ4v) is 3.22. The highest BCUT2D eigenvalue weighted by atomic mass is 32.1. The number of thiazole rings is 1. The third kappa shape index (κ3) is 2.02. The van der Waals surface area contributed by atoms with Crippen LogP contribution in [0.25, 0.3) is 4.96 Å². The molecule has 0 radical (unpaired) electrons. The molecule has 0 bridgehead atoms. The number of hydrogen-bond donors (Lipinski definition) is 2. The number of amides is 1. The lowest BCUT2D eigenvalue weighted by Crippen LogP contribution is -2.59. The Labute approximate surface area is 123 Å². The van der Waals surface area contributed by atoms with E-state index in [9.17, 15) is 19.5 Å². The lowest BCUT2D eigenvalue weighted by molar-refractivity contribution is -0.148. The van der Waals surface area contributed by atoms with E-state index in [1.54, 1.807) is 12.3 Å². The highest BCUT2D eigenvalue weighted by molar-refractivity contribution is 7.15. The predicted octanol–water partition coefficient (Wildman–Crippen LogP) is 0.802.